The van der Waals surface area contributed by atoms with Gasteiger partial charge in [0.25, 0.3) is 0 Å². The Morgan fingerprint density at radius 2 is 1.88 bits per heavy atom. The van der Waals surface area contributed by atoms with E-state index in [9.17, 15) is 9.90 Å². The standard InChI is InChI=1S/C20H19ClN2O3/c21-20(25)26-19(16-4-2-1-3-5-16)23-13-17(24)10-11-18(23)15-8-6-14(12-22)7-9-15/h1-9,17-19,24H,10-11,13H2. The van der Waals surface area contributed by atoms with Gasteiger partial charge in [0.05, 0.1) is 17.7 Å². The zero-order valence-electron chi connectivity index (χ0n) is 14.1. The molecule has 5 nitrogen and oxygen atoms in total. The van der Waals surface area contributed by atoms with Crippen LogP contribution in [0.4, 0.5) is 4.79 Å². The number of benzene rings is 2. The summed E-state index contributed by atoms with van der Waals surface area (Å²) in [6, 6.07) is 18.7. The summed E-state index contributed by atoms with van der Waals surface area (Å²) in [6.07, 6.45) is 0.148. The molecule has 2 aromatic rings. The molecular weight excluding hydrogens is 352 g/mol. The van der Waals surface area contributed by atoms with E-state index in [1.54, 1.807) is 12.1 Å². The van der Waals surface area contributed by atoms with Crippen molar-refractivity contribution in [2.24, 2.45) is 0 Å². The maximum absolute atomic E-state index is 11.5. The Labute approximate surface area is 157 Å². The van der Waals surface area contributed by atoms with E-state index in [-0.39, 0.29) is 6.04 Å². The molecular formula is C20H19ClN2O3. The summed E-state index contributed by atoms with van der Waals surface area (Å²) in [4.78, 5) is 13.4. The van der Waals surface area contributed by atoms with Gasteiger partial charge in [-0.3, -0.25) is 4.90 Å². The van der Waals surface area contributed by atoms with Crippen LogP contribution in [0.15, 0.2) is 54.6 Å². The first-order valence-corrected chi connectivity index (χ1v) is 8.81. The maximum Gasteiger partial charge on any atom is 0.405 e. The summed E-state index contributed by atoms with van der Waals surface area (Å²) in [7, 11) is 0. The number of ether oxygens (including phenoxy) is 1. The molecule has 26 heavy (non-hydrogen) atoms. The average molecular weight is 371 g/mol. The minimum atomic E-state index is -0.891. The van der Waals surface area contributed by atoms with E-state index in [0.717, 1.165) is 11.1 Å². The van der Waals surface area contributed by atoms with Gasteiger partial charge in [-0.25, -0.2) is 4.79 Å². The van der Waals surface area contributed by atoms with Gasteiger partial charge >= 0.3 is 5.43 Å². The normalized spacial score (nSPS) is 21.6. The SMILES string of the molecule is N#Cc1ccc(C2CCC(O)CN2C(OC(=O)Cl)c2ccccc2)cc1. The van der Waals surface area contributed by atoms with Crippen LogP contribution in [0.2, 0.25) is 0 Å². The second-order valence-corrected chi connectivity index (χ2v) is 6.60. The van der Waals surface area contributed by atoms with Crippen molar-refractivity contribution < 1.29 is 14.6 Å². The van der Waals surface area contributed by atoms with Gasteiger partial charge in [0, 0.05) is 29.8 Å². The summed E-state index contributed by atoms with van der Waals surface area (Å²) < 4.78 is 5.41. The largest absolute Gasteiger partial charge is 0.430 e. The highest BCUT2D eigenvalue weighted by molar-refractivity contribution is 6.61. The van der Waals surface area contributed by atoms with Crippen LogP contribution in [0.25, 0.3) is 0 Å². The number of halogens is 1. The number of hydrogen-bond acceptors (Lipinski definition) is 5. The molecule has 0 aliphatic carbocycles. The van der Waals surface area contributed by atoms with E-state index < -0.39 is 17.8 Å². The molecule has 1 aliphatic heterocycles. The van der Waals surface area contributed by atoms with E-state index in [1.807, 2.05) is 47.4 Å². The highest BCUT2D eigenvalue weighted by Gasteiger charge is 2.36. The van der Waals surface area contributed by atoms with Crippen LogP contribution >= 0.6 is 11.6 Å². The predicted octanol–water partition coefficient (Wildman–Crippen LogP) is 4.13. The lowest BCUT2D eigenvalue weighted by Crippen LogP contribution is -2.44. The number of carbonyl (C=O) groups is 1. The third kappa shape index (κ3) is 4.23. The van der Waals surface area contributed by atoms with Crippen molar-refractivity contribution in [3.05, 3.63) is 71.3 Å². The molecule has 3 rings (SSSR count). The van der Waals surface area contributed by atoms with Gasteiger partial charge in [-0.05, 0) is 30.5 Å². The summed E-state index contributed by atoms with van der Waals surface area (Å²) in [5.41, 5.74) is 1.48. The quantitative estimate of drug-likeness (QED) is 0.819. The van der Waals surface area contributed by atoms with Crippen molar-refractivity contribution in [3.63, 3.8) is 0 Å². The fourth-order valence-corrected chi connectivity index (χ4v) is 3.49. The van der Waals surface area contributed by atoms with Gasteiger partial charge < -0.3 is 9.84 Å². The molecule has 3 atom stereocenters. The van der Waals surface area contributed by atoms with Crippen LogP contribution < -0.4 is 0 Å². The summed E-state index contributed by atoms with van der Waals surface area (Å²) in [5, 5.41) is 19.2. The van der Waals surface area contributed by atoms with Crippen LogP contribution in [-0.4, -0.2) is 28.1 Å². The van der Waals surface area contributed by atoms with Crippen molar-refractivity contribution in [2.75, 3.05) is 6.54 Å². The number of hydrogen-bond donors (Lipinski definition) is 1. The number of nitriles is 1. The van der Waals surface area contributed by atoms with Gasteiger partial charge in [-0.15, -0.1) is 0 Å². The van der Waals surface area contributed by atoms with Crippen LogP contribution in [0.5, 0.6) is 0 Å². The van der Waals surface area contributed by atoms with Crippen molar-refractivity contribution in [3.8, 4) is 6.07 Å². The van der Waals surface area contributed by atoms with Gasteiger partial charge in [-0.2, -0.15) is 5.26 Å². The van der Waals surface area contributed by atoms with E-state index in [1.165, 1.54) is 0 Å². The number of nitrogens with zero attached hydrogens (tertiary/aromatic N) is 2. The molecule has 0 amide bonds. The number of β-amino-alcohol motifs (C(OH)–C–C–N with tert-alkyl or cyclic N) is 1. The Hall–Kier alpha value is -2.39. The van der Waals surface area contributed by atoms with Crippen LogP contribution in [-0.2, 0) is 4.74 Å². The van der Waals surface area contributed by atoms with E-state index in [0.29, 0.717) is 24.9 Å². The molecule has 1 aliphatic rings. The smallest absolute Gasteiger partial charge is 0.405 e. The maximum atomic E-state index is 11.5. The van der Waals surface area contributed by atoms with Crippen LogP contribution in [0.3, 0.4) is 0 Å². The summed E-state index contributed by atoms with van der Waals surface area (Å²) in [6.45, 7) is 0.356. The van der Waals surface area contributed by atoms with Gasteiger partial charge in [0.1, 0.15) is 0 Å². The van der Waals surface area contributed by atoms with Gasteiger partial charge in [0.15, 0.2) is 6.23 Å². The molecule has 134 valence electrons. The van der Waals surface area contributed by atoms with Gasteiger partial charge in [-0.1, -0.05) is 42.5 Å². The Morgan fingerprint density at radius 3 is 2.50 bits per heavy atom. The number of likely N-dealkylation sites (tertiary alicyclic amines) is 1. The zero-order chi connectivity index (χ0) is 18.5. The fourth-order valence-electron chi connectivity index (χ4n) is 3.41. The highest BCUT2D eigenvalue weighted by Crippen LogP contribution is 2.38. The summed E-state index contributed by atoms with van der Waals surface area (Å²) >= 11 is 5.52. The number of carbonyl (C=O) groups excluding carboxylic acids is 1. The summed E-state index contributed by atoms with van der Waals surface area (Å²) in [5.74, 6) is 0. The molecule has 1 saturated heterocycles. The van der Waals surface area contributed by atoms with E-state index in [2.05, 4.69) is 6.07 Å². The first-order chi connectivity index (χ1) is 12.6. The van der Waals surface area contributed by atoms with Crippen molar-refractivity contribution in [1.82, 2.24) is 4.90 Å². The molecule has 0 radical (unpaired) electrons. The molecule has 0 bridgehead atoms. The number of aliphatic hydroxyl groups is 1. The molecule has 1 fully saturated rings. The van der Waals surface area contributed by atoms with Gasteiger partial charge in [0.2, 0.25) is 0 Å². The second-order valence-electron chi connectivity index (χ2n) is 6.30. The van der Waals surface area contributed by atoms with E-state index in [4.69, 9.17) is 21.6 Å². The highest BCUT2D eigenvalue weighted by atomic mass is 35.5. The Morgan fingerprint density at radius 1 is 1.19 bits per heavy atom. The molecule has 0 aromatic heterocycles. The lowest BCUT2D eigenvalue weighted by atomic mass is 9.92. The molecule has 1 heterocycles. The van der Waals surface area contributed by atoms with Crippen molar-refractivity contribution in [1.29, 1.82) is 5.26 Å². The molecule has 0 spiro atoms. The van der Waals surface area contributed by atoms with Crippen molar-refractivity contribution in [2.45, 2.75) is 31.2 Å². The molecule has 0 saturated carbocycles. The molecule has 2 aromatic carbocycles. The third-order valence-electron chi connectivity index (χ3n) is 4.61. The second kappa shape index (κ2) is 8.33. The average Bonchev–Trinajstić information content (AvgIpc) is 2.67. The predicted molar refractivity (Wildman–Crippen MR) is 97.4 cm³/mol. The zero-order valence-corrected chi connectivity index (χ0v) is 14.8. The van der Waals surface area contributed by atoms with Crippen molar-refractivity contribution >= 4 is 17.0 Å². The fraction of sp³-hybridized carbons (Fsp3) is 0.300. The number of aliphatic hydroxyl groups excluding tert-OH is 1. The third-order valence-corrected chi connectivity index (χ3v) is 4.70. The lowest BCUT2D eigenvalue weighted by Gasteiger charge is -2.42. The minimum Gasteiger partial charge on any atom is -0.430 e. The topological polar surface area (TPSA) is 73.6 Å². The first-order valence-electron chi connectivity index (χ1n) is 8.43. The Bertz CT molecular complexity index is 789. The Kier molecular flexibility index (Phi) is 5.89. The number of piperidine rings is 1. The van der Waals surface area contributed by atoms with E-state index >= 15 is 0 Å². The molecule has 3 unspecified atom stereocenters. The molecule has 1 N–H and O–H groups in total. The van der Waals surface area contributed by atoms with Crippen LogP contribution in [0.1, 0.15) is 41.8 Å². The van der Waals surface area contributed by atoms with Crippen LogP contribution in [0, 0.1) is 11.3 Å². The first kappa shape index (κ1) is 18.4. The molecule has 6 heteroatoms. The Balaban J connectivity index is 1.96. The lowest BCUT2D eigenvalue weighted by molar-refractivity contribution is -0.0774. The minimum absolute atomic E-state index is 0.0626. The monoisotopic (exact) mass is 370 g/mol. The number of rotatable bonds is 4.